The maximum Gasteiger partial charge on any atom is 0.330 e. The van der Waals surface area contributed by atoms with Gasteiger partial charge in [-0.3, -0.25) is 4.79 Å². The number of amides is 3. The van der Waals surface area contributed by atoms with Gasteiger partial charge in [0, 0.05) is 31.2 Å². The average molecular weight is 528 g/mol. The molecule has 1 aliphatic heterocycles. The maximum atomic E-state index is 13.4. The van der Waals surface area contributed by atoms with E-state index in [4.69, 9.17) is 4.74 Å². The minimum Gasteiger partial charge on any atom is -0.545 e. The summed E-state index contributed by atoms with van der Waals surface area (Å²) in [6.45, 7) is 4.91. The van der Waals surface area contributed by atoms with Gasteiger partial charge in [-0.1, -0.05) is 24.3 Å². The molecule has 11 heteroatoms. The number of rotatable bonds is 7. The molecule has 2 N–H and O–H groups in total. The molecule has 0 bridgehead atoms. The molecule has 10 nitrogen and oxygen atoms in total. The summed E-state index contributed by atoms with van der Waals surface area (Å²) in [7, 11) is 3.86. The highest BCUT2D eigenvalue weighted by molar-refractivity contribution is 7.99. The van der Waals surface area contributed by atoms with Crippen LogP contribution < -0.4 is 20.6 Å². The van der Waals surface area contributed by atoms with Crippen LogP contribution in [0.2, 0.25) is 0 Å². The Kier molecular flexibility index (Phi) is 8.69. The number of carbonyl (C=O) groups is 4. The maximum absolute atomic E-state index is 13.4. The second kappa shape index (κ2) is 11.5. The van der Waals surface area contributed by atoms with Crippen LogP contribution in [0.5, 0.6) is 0 Å². The Balaban J connectivity index is 1.75. The van der Waals surface area contributed by atoms with E-state index in [0.29, 0.717) is 5.75 Å². The van der Waals surface area contributed by atoms with Crippen molar-refractivity contribution in [3.8, 4) is 0 Å². The van der Waals surface area contributed by atoms with Crippen LogP contribution in [0.3, 0.4) is 0 Å². The Morgan fingerprint density at radius 3 is 2.38 bits per heavy atom. The van der Waals surface area contributed by atoms with Crippen LogP contribution in [0.1, 0.15) is 42.1 Å². The molecule has 2 aromatic rings. The fraction of sp³-hybridized carbons (Fsp3) is 0.385. The Morgan fingerprint density at radius 1 is 1.11 bits per heavy atom. The van der Waals surface area contributed by atoms with E-state index >= 15 is 0 Å². The third kappa shape index (κ3) is 7.39. The zero-order valence-electron chi connectivity index (χ0n) is 21.4. The van der Waals surface area contributed by atoms with Crippen molar-refractivity contribution in [2.75, 3.05) is 36.6 Å². The van der Waals surface area contributed by atoms with Crippen molar-refractivity contribution < 1.29 is 29.0 Å². The van der Waals surface area contributed by atoms with Crippen molar-refractivity contribution in [2.45, 2.75) is 37.8 Å². The van der Waals surface area contributed by atoms with E-state index < -0.39 is 40.9 Å². The van der Waals surface area contributed by atoms with Crippen molar-refractivity contribution in [1.82, 2.24) is 10.2 Å². The van der Waals surface area contributed by atoms with Gasteiger partial charge in [-0.25, -0.2) is 9.59 Å². The fourth-order valence-electron chi connectivity index (χ4n) is 3.70. The lowest BCUT2D eigenvalue weighted by molar-refractivity contribution is -0.255. The molecular weight excluding hydrogens is 496 g/mol. The first-order valence-corrected chi connectivity index (χ1v) is 12.7. The van der Waals surface area contributed by atoms with Gasteiger partial charge < -0.3 is 35.1 Å². The van der Waals surface area contributed by atoms with Gasteiger partial charge in [0.2, 0.25) is 5.91 Å². The summed E-state index contributed by atoms with van der Waals surface area (Å²) >= 11 is 1.45. The lowest BCUT2D eigenvalue weighted by Gasteiger charge is -2.31. The number of urea groups is 1. The topological polar surface area (TPSA) is 131 Å². The van der Waals surface area contributed by atoms with Crippen molar-refractivity contribution in [1.29, 1.82) is 0 Å². The SMILES string of the molecule is CN(C)c1ccc(C2SCC(C(=O)OC(C)(C)C)N2C(=O)CNC(=O)Nc2cccc(C(=O)[O-])c2)cc1. The molecule has 2 atom stereocenters. The molecular formula is C26H31N4O6S-. The molecule has 0 spiro atoms. The molecule has 0 radical (unpaired) electrons. The molecule has 0 aromatic heterocycles. The molecule has 2 unspecified atom stereocenters. The quantitative estimate of drug-likeness (QED) is 0.524. The van der Waals surface area contributed by atoms with Gasteiger partial charge in [0.1, 0.15) is 17.0 Å². The number of hydrogen-bond donors (Lipinski definition) is 2. The first-order chi connectivity index (χ1) is 17.4. The standard InChI is InChI=1S/C26H32N4O6S/c1-26(2,3)36-24(34)20-15-37-22(16-9-11-19(12-10-16)29(4)5)30(20)21(31)14-27-25(35)28-18-8-6-7-17(13-18)23(32)33/h6-13,20,22H,14-15H2,1-5H3,(H,32,33)(H2,27,28,35)/p-1. The Hall–Kier alpha value is -3.73. The van der Waals surface area contributed by atoms with E-state index in [0.717, 1.165) is 11.3 Å². The van der Waals surface area contributed by atoms with E-state index in [1.54, 1.807) is 20.8 Å². The molecule has 0 aliphatic carbocycles. The number of nitrogens with zero attached hydrogens (tertiary/aromatic N) is 2. The third-order valence-corrected chi connectivity index (χ3v) is 6.74. The first-order valence-electron chi connectivity index (χ1n) is 11.6. The molecule has 3 amide bonds. The molecule has 0 saturated carbocycles. The molecule has 37 heavy (non-hydrogen) atoms. The minimum atomic E-state index is -1.37. The third-order valence-electron chi connectivity index (χ3n) is 5.42. The van der Waals surface area contributed by atoms with Crippen molar-refractivity contribution in [3.63, 3.8) is 0 Å². The van der Waals surface area contributed by atoms with Crippen LogP contribution >= 0.6 is 11.8 Å². The zero-order valence-corrected chi connectivity index (χ0v) is 22.3. The van der Waals surface area contributed by atoms with E-state index in [9.17, 15) is 24.3 Å². The number of carboxylic acid groups (broad SMARTS) is 1. The van der Waals surface area contributed by atoms with Gasteiger partial charge >= 0.3 is 12.0 Å². The van der Waals surface area contributed by atoms with Gasteiger partial charge in [-0.2, -0.15) is 0 Å². The van der Waals surface area contributed by atoms with Crippen molar-refractivity contribution in [2.24, 2.45) is 0 Å². The van der Waals surface area contributed by atoms with E-state index in [1.165, 1.54) is 40.9 Å². The summed E-state index contributed by atoms with van der Waals surface area (Å²) in [5.41, 5.74) is 1.26. The molecule has 1 heterocycles. The number of aromatic carboxylic acids is 1. The number of carbonyl (C=O) groups excluding carboxylic acids is 4. The Morgan fingerprint density at radius 2 is 1.78 bits per heavy atom. The van der Waals surface area contributed by atoms with Crippen LogP contribution in [-0.2, 0) is 14.3 Å². The lowest BCUT2D eigenvalue weighted by atomic mass is 10.1. The predicted octanol–water partition coefficient (Wildman–Crippen LogP) is 2.22. The normalized spacial score (nSPS) is 17.2. The van der Waals surface area contributed by atoms with Crippen LogP contribution in [0.4, 0.5) is 16.2 Å². The fourth-order valence-corrected chi connectivity index (χ4v) is 5.14. The van der Waals surface area contributed by atoms with Crippen LogP contribution in [0.25, 0.3) is 0 Å². The summed E-state index contributed by atoms with van der Waals surface area (Å²) in [4.78, 5) is 53.2. The monoisotopic (exact) mass is 527 g/mol. The van der Waals surface area contributed by atoms with Gasteiger partial charge in [0.15, 0.2) is 0 Å². The van der Waals surface area contributed by atoms with Crippen molar-refractivity contribution in [3.05, 3.63) is 59.7 Å². The van der Waals surface area contributed by atoms with Gasteiger partial charge in [0.25, 0.3) is 0 Å². The molecule has 3 rings (SSSR count). The first kappa shape index (κ1) is 27.9. The highest BCUT2D eigenvalue weighted by Gasteiger charge is 2.44. The number of thioether (sulfide) groups is 1. The van der Waals surface area contributed by atoms with E-state index in [-0.39, 0.29) is 17.8 Å². The smallest absolute Gasteiger partial charge is 0.330 e. The summed E-state index contributed by atoms with van der Waals surface area (Å²) in [5, 5.41) is 15.6. The van der Waals surface area contributed by atoms with Crippen LogP contribution in [-0.4, -0.2) is 66.8 Å². The molecule has 1 aliphatic rings. The number of esters is 1. The average Bonchev–Trinajstić information content (AvgIpc) is 3.27. The van der Waals surface area contributed by atoms with Crippen LogP contribution in [0.15, 0.2) is 48.5 Å². The highest BCUT2D eigenvalue weighted by Crippen LogP contribution is 2.42. The van der Waals surface area contributed by atoms with Gasteiger partial charge in [-0.15, -0.1) is 11.8 Å². The summed E-state index contributed by atoms with van der Waals surface area (Å²) in [6.07, 6.45) is 0. The number of ether oxygens (including phenoxy) is 1. The predicted molar refractivity (Wildman–Crippen MR) is 140 cm³/mol. The van der Waals surface area contributed by atoms with Gasteiger partial charge in [0.05, 0.1) is 12.5 Å². The second-order valence-corrected chi connectivity index (χ2v) is 10.8. The Bertz CT molecular complexity index is 1160. The number of benzene rings is 2. The minimum absolute atomic E-state index is 0.0914. The van der Waals surface area contributed by atoms with Crippen molar-refractivity contribution >= 4 is 47.0 Å². The Labute approximate surface area is 220 Å². The lowest BCUT2D eigenvalue weighted by Crippen LogP contribution is -2.49. The summed E-state index contributed by atoms with van der Waals surface area (Å²) in [6, 6.07) is 11.7. The zero-order chi connectivity index (χ0) is 27.3. The molecule has 2 aromatic carbocycles. The highest BCUT2D eigenvalue weighted by atomic mass is 32.2. The number of nitrogens with one attached hydrogen (secondary N) is 2. The summed E-state index contributed by atoms with van der Waals surface area (Å²) in [5.74, 6) is -1.99. The molecule has 1 saturated heterocycles. The molecule has 198 valence electrons. The molecule has 1 fully saturated rings. The number of anilines is 2. The number of hydrogen-bond acceptors (Lipinski definition) is 8. The van der Waals surface area contributed by atoms with Gasteiger partial charge in [-0.05, 0) is 56.2 Å². The summed E-state index contributed by atoms with van der Waals surface area (Å²) < 4.78 is 5.57. The largest absolute Gasteiger partial charge is 0.545 e. The van der Waals surface area contributed by atoms with Crippen LogP contribution in [0, 0.1) is 0 Å². The number of carboxylic acids is 1. The van der Waals surface area contributed by atoms with E-state index in [1.807, 2.05) is 43.3 Å². The second-order valence-electron chi connectivity index (χ2n) is 9.70. The van der Waals surface area contributed by atoms with E-state index in [2.05, 4.69) is 10.6 Å².